The van der Waals surface area contributed by atoms with Crippen molar-refractivity contribution in [3.63, 3.8) is 0 Å². The number of thiophene rings is 1. The molecule has 3 N–H and O–H groups in total. The Labute approximate surface area is 163 Å². The number of aromatic nitrogens is 2. The molecule has 2 amide bonds. The maximum Gasteiger partial charge on any atom is 0.341 e. The molecule has 0 radical (unpaired) electrons. The van der Waals surface area contributed by atoms with E-state index < -0.39 is 22.7 Å². The smallest absolute Gasteiger partial charge is 0.341 e. The maximum absolute atomic E-state index is 12.3. The molecule has 0 saturated carbocycles. The molecule has 2 aromatic rings. The number of amides is 2. The van der Waals surface area contributed by atoms with E-state index in [1.165, 1.54) is 25.6 Å². The Bertz CT molecular complexity index is 977. The van der Waals surface area contributed by atoms with Gasteiger partial charge in [0.1, 0.15) is 16.4 Å². The molecule has 28 heavy (non-hydrogen) atoms. The molecule has 150 valence electrons. The van der Waals surface area contributed by atoms with E-state index in [1.807, 2.05) is 0 Å². The number of anilines is 1. The molecule has 2 aromatic heterocycles. The summed E-state index contributed by atoms with van der Waals surface area (Å²) in [5.41, 5.74) is 6.21. The molecule has 0 fully saturated rings. The first-order chi connectivity index (χ1) is 13.1. The average molecular weight is 409 g/mol. The summed E-state index contributed by atoms with van der Waals surface area (Å²) >= 11 is 0.882. The molecule has 0 aliphatic carbocycles. The lowest BCUT2D eigenvalue weighted by Crippen LogP contribution is -2.17. The maximum atomic E-state index is 12.3. The van der Waals surface area contributed by atoms with Crippen LogP contribution in [0.2, 0.25) is 0 Å². The molecule has 0 unspecified atom stereocenters. The lowest BCUT2D eigenvalue weighted by molar-refractivity contribution is -0.386. The molecule has 2 heterocycles. The van der Waals surface area contributed by atoms with Crippen molar-refractivity contribution >= 4 is 39.8 Å². The van der Waals surface area contributed by atoms with Gasteiger partial charge < -0.3 is 15.8 Å². The van der Waals surface area contributed by atoms with Gasteiger partial charge in [0.25, 0.3) is 5.91 Å². The third kappa shape index (κ3) is 4.01. The van der Waals surface area contributed by atoms with Gasteiger partial charge in [-0.05, 0) is 26.3 Å². The first-order valence-corrected chi connectivity index (χ1v) is 8.89. The fourth-order valence-electron chi connectivity index (χ4n) is 2.75. The van der Waals surface area contributed by atoms with Crippen LogP contribution in [0.1, 0.15) is 43.4 Å². The normalized spacial score (nSPS) is 10.6. The summed E-state index contributed by atoms with van der Waals surface area (Å²) < 4.78 is 6.08. The minimum absolute atomic E-state index is 0.0530. The fraction of sp³-hybridized carbons (Fsp3) is 0.375. The van der Waals surface area contributed by atoms with Gasteiger partial charge in [0.05, 0.1) is 29.0 Å². The van der Waals surface area contributed by atoms with E-state index in [4.69, 9.17) is 10.5 Å². The Morgan fingerprint density at radius 2 is 1.96 bits per heavy atom. The number of esters is 1. The summed E-state index contributed by atoms with van der Waals surface area (Å²) in [5.74, 6) is -1.88. The first-order valence-electron chi connectivity index (χ1n) is 8.08. The Kier molecular flexibility index (Phi) is 6.13. The molecule has 0 aliphatic heterocycles. The Morgan fingerprint density at radius 3 is 2.46 bits per heavy atom. The Balaban J connectivity index is 2.19. The van der Waals surface area contributed by atoms with Gasteiger partial charge in [0.2, 0.25) is 5.91 Å². The Hall–Kier alpha value is -3.28. The zero-order valence-corrected chi connectivity index (χ0v) is 16.5. The van der Waals surface area contributed by atoms with E-state index in [2.05, 4.69) is 10.4 Å². The van der Waals surface area contributed by atoms with E-state index in [1.54, 1.807) is 6.92 Å². The molecule has 12 heteroatoms. The monoisotopic (exact) mass is 409 g/mol. The van der Waals surface area contributed by atoms with Crippen molar-refractivity contribution in [3.05, 3.63) is 37.5 Å². The number of carbonyl (C=O) groups excluding carboxylic acids is 3. The average Bonchev–Trinajstić information content (AvgIpc) is 3.08. The summed E-state index contributed by atoms with van der Waals surface area (Å²) in [4.78, 5) is 46.5. The second kappa shape index (κ2) is 8.17. The standard InChI is InChI=1S/C16H19N5O6S/c1-7-11(16(24)27-4)15(28-13(7)14(17)23)18-10(22)5-6-20-9(3)12(21(25)26)8(2)19-20/h5-6H2,1-4H3,(H2,17,23)(H,18,22). The van der Waals surface area contributed by atoms with Crippen LogP contribution >= 0.6 is 11.3 Å². The highest BCUT2D eigenvalue weighted by Gasteiger charge is 2.26. The first kappa shape index (κ1) is 21.0. The van der Waals surface area contributed by atoms with E-state index in [0.717, 1.165) is 11.3 Å². The van der Waals surface area contributed by atoms with Crippen LogP contribution in [0.3, 0.4) is 0 Å². The fourth-order valence-corrected chi connectivity index (χ4v) is 3.81. The number of methoxy groups -OCH3 is 1. The lowest BCUT2D eigenvalue weighted by atomic mass is 10.1. The summed E-state index contributed by atoms with van der Waals surface area (Å²) in [6.45, 7) is 4.71. The number of aryl methyl sites for hydroxylation is 2. The molecule has 11 nitrogen and oxygen atoms in total. The molecule has 2 rings (SSSR count). The van der Waals surface area contributed by atoms with E-state index in [9.17, 15) is 24.5 Å². The van der Waals surface area contributed by atoms with E-state index in [0.29, 0.717) is 11.3 Å². The number of primary amides is 1. The summed E-state index contributed by atoms with van der Waals surface area (Å²) in [6.07, 6.45) is -0.0530. The van der Waals surface area contributed by atoms with E-state index in [-0.39, 0.29) is 39.8 Å². The third-order valence-corrected chi connectivity index (χ3v) is 5.31. The molecule has 0 bridgehead atoms. The van der Waals surface area contributed by atoms with Crippen molar-refractivity contribution < 1.29 is 24.0 Å². The molecule has 0 aliphatic rings. The third-order valence-electron chi connectivity index (χ3n) is 4.09. The minimum atomic E-state index is -0.719. The number of nitrogens with two attached hydrogens (primary N) is 1. The number of nitrogens with zero attached hydrogens (tertiary/aromatic N) is 3. The van der Waals surface area contributed by atoms with Gasteiger partial charge in [0, 0.05) is 6.42 Å². The van der Waals surface area contributed by atoms with Crippen LogP contribution in [0.4, 0.5) is 10.7 Å². The molecular weight excluding hydrogens is 390 g/mol. The van der Waals surface area contributed by atoms with Crippen molar-refractivity contribution in [3.8, 4) is 0 Å². The molecule has 0 saturated heterocycles. The summed E-state index contributed by atoms with van der Waals surface area (Å²) in [7, 11) is 1.19. The summed E-state index contributed by atoms with van der Waals surface area (Å²) in [5, 5.41) is 17.8. The van der Waals surface area contributed by atoms with Crippen molar-refractivity contribution in [2.75, 3.05) is 12.4 Å². The Morgan fingerprint density at radius 1 is 1.32 bits per heavy atom. The second-order valence-electron chi connectivity index (χ2n) is 5.91. The topological polar surface area (TPSA) is 159 Å². The van der Waals surface area contributed by atoms with Gasteiger partial charge in [-0.25, -0.2) is 4.79 Å². The SMILES string of the molecule is COC(=O)c1c(NC(=O)CCn2nc(C)c([N+](=O)[O-])c2C)sc(C(N)=O)c1C. The zero-order valence-electron chi connectivity index (χ0n) is 15.7. The van der Waals surface area contributed by atoms with Gasteiger partial charge in [-0.2, -0.15) is 5.10 Å². The van der Waals surface area contributed by atoms with Crippen molar-refractivity contribution in [2.24, 2.45) is 5.73 Å². The molecule has 0 atom stereocenters. The predicted octanol–water partition coefficient (Wildman–Crippen LogP) is 1.69. The van der Waals surface area contributed by atoms with Crippen LogP contribution in [0.15, 0.2) is 0 Å². The number of ether oxygens (including phenoxy) is 1. The largest absolute Gasteiger partial charge is 0.465 e. The number of hydrogen-bond acceptors (Lipinski definition) is 8. The van der Waals surface area contributed by atoms with Crippen LogP contribution < -0.4 is 11.1 Å². The quantitative estimate of drug-likeness (QED) is 0.400. The lowest BCUT2D eigenvalue weighted by Gasteiger charge is -2.07. The van der Waals surface area contributed by atoms with Crippen molar-refractivity contribution in [2.45, 2.75) is 33.7 Å². The van der Waals surface area contributed by atoms with Crippen LogP contribution in [0.5, 0.6) is 0 Å². The second-order valence-corrected chi connectivity index (χ2v) is 6.93. The van der Waals surface area contributed by atoms with Crippen LogP contribution in [0, 0.1) is 30.9 Å². The van der Waals surface area contributed by atoms with Crippen molar-refractivity contribution in [1.82, 2.24) is 9.78 Å². The highest BCUT2D eigenvalue weighted by molar-refractivity contribution is 7.18. The zero-order chi connectivity index (χ0) is 21.2. The number of carbonyl (C=O) groups is 3. The van der Waals surface area contributed by atoms with Gasteiger partial charge in [0.15, 0.2) is 0 Å². The van der Waals surface area contributed by atoms with Gasteiger partial charge in [-0.3, -0.25) is 24.4 Å². The highest BCUT2D eigenvalue weighted by atomic mass is 32.1. The minimum Gasteiger partial charge on any atom is -0.465 e. The molecular formula is C16H19N5O6S. The number of rotatable bonds is 7. The van der Waals surface area contributed by atoms with Gasteiger partial charge >= 0.3 is 11.7 Å². The molecule has 0 aromatic carbocycles. The van der Waals surface area contributed by atoms with Crippen molar-refractivity contribution in [1.29, 1.82) is 0 Å². The van der Waals surface area contributed by atoms with Crippen LogP contribution in [0.25, 0.3) is 0 Å². The van der Waals surface area contributed by atoms with Gasteiger partial charge in [-0.1, -0.05) is 0 Å². The number of hydrogen-bond donors (Lipinski definition) is 2. The number of nitrogens with one attached hydrogen (secondary N) is 1. The van der Waals surface area contributed by atoms with Gasteiger partial charge in [-0.15, -0.1) is 11.3 Å². The van der Waals surface area contributed by atoms with Crippen LogP contribution in [-0.2, 0) is 16.1 Å². The molecule has 0 spiro atoms. The van der Waals surface area contributed by atoms with E-state index >= 15 is 0 Å². The predicted molar refractivity (Wildman–Crippen MR) is 101 cm³/mol. The number of nitro groups is 1. The summed E-state index contributed by atoms with van der Waals surface area (Å²) in [6, 6.07) is 0. The van der Waals surface area contributed by atoms with Crippen LogP contribution in [-0.4, -0.2) is 39.6 Å². The highest BCUT2D eigenvalue weighted by Crippen LogP contribution is 2.33.